The van der Waals surface area contributed by atoms with E-state index in [1.54, 1.807) is 12.4 Å². The molecule has 3 heterocycles. The summed E-state index contributed by atoms with van der Waals surface area (Å²) >= 11 is 4.88. The van der Waals surface area contributed by atoms with Crippen molar-refractivity contribution >= 4 is 44.1 Å². The van der Waals surface area contributed by atoms with Gasteiger partial charge in [0.15, 0.2) is 5.78 Å². The van der Waals surface area contributed by atoms with Gasteiger partial charge in [-0.15, -0.1) is 0 Å². The molecule has 84 valence electrons. The molecular formula is C12H7BrN2OS. The van der Waals surface area contributed by atoms with Crippen molar-refractivity contribution in [3.63, 3.8) is 0 Å². The topological polar surface area (TPSA) is 45.8 Å². The van der Waals surface area contributed by atoms with Crippen LogP contribution in [0.1, 0.15) is 15.9 Å². The monoisotopic (exact) mass is 306 g/mol. The van der Waals surface area contributed by atoms with Crippen LogP contribution in [-0.4, -0.2) is 15.8 Å². The number of nitrogens with zero attached hydrogens (tertiary/aromatic N) is 1. The molecule has 0 aliphatic carbocycles. The van der Waals surface area contributed by atoms with E-state index in [9.17, 15) is 4.79 Å². The van der Waals surface area contributed by atoms with E-state index in [0.29, 0.717) is 5.56 Å². The number of carbonyl (C=O) groups excluding carboxylic acids is 1. The highest BCUT2D eigenvalue weighted by atomic mass is 79.9. The Bertz CT molecular complexity index is 688. The van der Waals surface area contributed by atoms with Crippen LogP contribution >= 0.6 is 27.3 Å². The molecule has 17 heavy (non-hydrogen) atoms. The van der Waals surface area contributed by atoms with Gasteiger partial charge in [0.05, 0.1) is 0 Å². The number of halogens is 1. The third kappa shape index (κ3) is 1.81. The van der Waals surface area contributed by atoms with Crippen LogP contribution in [0.5, 0.6) is 0 Å². The van der Waals surface area contributed by atoms with Gasteiger partial charge in [0.25, 0.3) is 0 Å². The number of aromatic nitrogens is 2. The van der Waals surface area contributed by atoms with E-state index < -0.39 is 0 Å². The lowest BCUT2D eigenvalue weighted by molar-refractivity contribution is 0.104. The predicted octanol–water partition coefficient (Wildman–Crippen LogP) is 3.62. The van der Waals surface area contributed by atoms with Crippen molar-refractivity contribution in [1.82, 2.24) is 9.97 Å². The minimum absolute atomic E-state index is 0.0254. The fourth-order valence-electron chi connectivity index (χ4n) is 1.71. The van der Waals surface area contributed by atoms with Gasteiger partial charge in [-0.05, 0) is 33.4 Å². The third-order valence-corrected chi connectivity index (χ3v) is 3.64. The number of aromatic amines is 1. The first-order chi connectivity index (χ1) is 8.25. The summed E-state index contributed by atoms with van der Waals surface area (Å²) in [5, 5.41) is 4.60. The van der Waals surface area contributed by atoms with Crippen LogP contribution in [0.2, 0.25) is 0 Å². The zero-order valence-electron chi connectivity index (χ0n) is 8.61. The maximum absolute atomic E-state index is 12.2. The molecule has 3 rings (SSSR count). The summed E-state index contributed by atoms with van der Waals surface area (Å²) in [4.78, 5) is 19.5. The summed E-state index contributed by atoms with van der Waals surface area (Å²) in [7, 11) is 0. The molecule has 0 bridgehead atoms. The van der Waals surface area contributed by atoms with Gasteiger partial charge in [-0.25, -0.2) is 4.98 Å². The number of pyridine rings is 1. The second-order valence-corrected chi connectivity index (χ2v) is 5.29. The van der Waals surface area contributed by atoms with E-state index in [-0.39, 0.29) is 5.78 Å². The molecule has 3 aromatic heterocycles. The van der Waals surface area contributed by atoms with Gasteiger partial charge in [0.2, 0.25) is 0 Å². The Hall–Kier alpha value is -1.46. The number of carbonyl (C=O) groups is 1. The third-order valence-electron chi connectivity index (χ3n) is 2.53. The molecule has 0 aliphatic rings. The first-order valence-corrected chi connectivity index (χ1v) is 6.69. The van der Waals surface area contributed by atoms with Gasteiger partial charge >= 0.3 is 0 Å². The minimum Gasteiger partial charge on any atom is -0.345 e. The Morgan fingerprint density at radius 1 is 1.47 bits per heavy atom. The Labute approximate surface area is 110 Å². The number of H-pyrrole nitrogens is 1. The van der Waals surface area contributed by atoms with Crippen LogP contribution in [0.3, 0.4) is 0 Å². The van der Waals surface area contributed by atoms with E-state index in [2.05, 4.69) is 25.9 Å². The number of rotatable bonds is 2. The highest BCUT2D eigenvalue weighted by Gasteiger charge is 2.15. The maximum atomic E-state index is 12.2. The highest BCUT2D eigenvalue weighted by Crippen LogP contribution is 2.23. The number of hydrogen-bond donors (Lipinski definition) is 1. The largest absolute Gasteiger partial charge is 0.345 e. The van der Waals surface area contributed by atoms with Crippen LogP contribution in [-0.2, 0) is 0 Å². The molecule has 0 radical (unpaired) electrons. The van der Waals surface area contributed by atoms with Gasteiger partial charge < -0.3 is 4.98 Å². The molecule has 0 aromatic carbocycles. The molecule has 0 saturated heterocycles. The van der Waals surface area contributed by atoms with Gasteiger partial charge in [0.1, 0.15) is 5.65 Å². The van der Waals surface area contributed by atoms with Gasteiger partial charge in [-0.3, -0.25) is 4.79 Å². The number of nitrogens with one attached hydrogen (secondary N) is 1. The SMILES string of the molecule is O=C(c1ccsc1)c1c[nH]c2ncc(Br)cc12. The normalized spacial score (nSPS) is 10.9. The van der Waals surface area contributed by atoms with Crippen molar-refractivity contribution < 1.29 is 4.79 Å². The summed E-state index contributed by atoms with van der Waals surface area (Å²) in [5.41, 5.74) is 2.11. The summed E-state index contributed by atoms with van der Waals surface area (Å²) in [5.74, 6) is 0.0254. The molecule has 3 nitrogen and oxygen atoms in total. The average molecular weight is 307 g/mol. The second kappa shape index (κ2) is 4.09. The van der Waals surface area contributed by atoms with Crippen LogP contribution < -0.4 is 0 Å². The molecule has 0 aliphatic heterocycles. The Kier molecular flexibility index (Phi) is 2.57. The lowest BCUT2D eigenvalue weighted by Crippen LogP contribution is -1.97. The molecular weight excluding hydrogens is 300 g/mol. The molecule has 0 atom stereocenters. The predicted molar refractivity (Wildman–Crippen MR) is 71.5 cm³/mol. The fourth-order valence-corrected chi connectivity index (χ4v) is 2.68. The van der Waals surface area contributed by atoms with Gasteiger partial charge in [-0.2, -0.15) is 11.3 Å². The van der Waals surface area contributed by atoms with Crippen molar-refractivity contribution in [2.75, 3.05) is 0 Å². The Balaban J connectivity index is 2.18. The summed E-state index contributed by atoms with van der Waals surface area (Å²) < 4.78 is 0.865. The van der Waals surface area contributed by atoms with Crippen LogP contribution in [0.25, 0.3) is 11.0 Å². The van der Waals surface area contributed by atoms with Crippen molar-refractivity contribution in [1.29, 1.82) is 0 Å². The zero-order valence-corrected chi connectivity index (χ0v) is 11.0. The Morgan fingerprint density at radius 2 is 2.35 bits per heavy atom. The summed E-state index contributed by atoms with van der Waals surface area (Å²) in [6.07, 6.45) is 3.42. The van der Waals surface area contributed by atoms with E-state index >= 15 is 0 Å². The first-order valence-electron chi connectivity index (χ1n) is 4.95. The van der Waals surface area contributed by atoms with Gasteiger partial charge in [-0.1, -0.05) is 0 Å². The molecule has 0 unspecified atom stereocenters. The molecule has 0 saturated carbocycles. The molecule has 1 N–H and O–H groups in total. The van der Waals surface area contributed by atoms with Crippen LogP contribution in [0, 0.1) is 0 Å². The Morgan fingerprint density at radius 3 is 3.12 bits per heavy atom. The number of ketones is 1. The lowest BCUT2D eigenvalue weighted by Gasteiger charge is -1.96. The minimum atomic E-state index is 0.0254. The second-order valence-electron chi connectivity index (χ2n) is 3.59. The molecule has 0 spiro atoms. The average Bonchev–Trinajstić information content (AvgIpc) is 2.97. The van der Waals surface area contributed by atoms with Crippen molar-refractivity contribution in [3.05, 3.63) is 50.9 Å². The smallest absolute Gasteiger partial charge is 0.196 e. The van der Waals surface area contributed by atoms with E-state index in [0.717, 1.165) is 21.1 Å². The van der Waals surface area contributed by atoms with E-state index in [4.69, 9.17) is 0 Å². The highest BCUT2D eigenvalue weighted by molar-refractivity contribution is 9.10. The van der Waals surface area contributed by atoms with E-state index in [1.165, 1.54) is 11.3 Å². The van der Waals surface area contributed by atoms with Crippen LogP contribution in [0.15, 0.2) is 39.8 Å². The molecule has 3 aromatic rings. The lowest BCUT2D eigenvalue weighted by atomic mass is 10.1. The maximum Gasteiger partial charge on any atom is 0.196 e. The molecule has 0 amide bonds. The standard InChI is InChI=1S/C12H7BrN2OS/c13-8-3-9-10(5-15-12(9)14-4-8)11(16)7-1-2-17-6-7/h1-6H,(H,14,15). The molecule has 5 heteroatoms. The molecule has 0 fully saturated rings. The van der Waals surface area contributed by atoms with Crippen LogP contribution in [0.4, 0.5) is 0 Å². The summed E-state index contributed by atoms with van der Waals surface area (Å²) in [6.45, 7) is 0. The van der Waals surface area contributed by atoms with Gasteiger partial charge in [0, 0.05) is 38.8 Å². The zero-order chi connectivity index (χ0) is 11.8. The summed E-state index contributed by atoms with van der Waals surface area (Å²) in [6, 6.07) is 3.73. The van der Waals surface area contributed by atoms with Crippen molar-refractivity contribution in [2.45, 2.75) is 0 Å². The van der Waals surface area contributed by atoms with E-state index in [1.807, 2.05) is 22.9 Å². The number of fused-ring (bicyclic) bond motifs is 1. The quantitative estimate of drug-likeness (QED) is 0.735. The number of hydrogen-bond acceptors (Lipinski definition) is 3. The number of thiophene rings is 1. The van der Waals surface area contributed by atoms with Crippen molar-refractivity contribution in [2.24, 2.45) is 0 Å². The fraction of sp³-hybridized carbons (Fsp3) is 0. The first kappa shape index (κ1) is 10.7. The van der Waals surface area contributed by atoms with Crippen molar-refractivity contribution in [3.8, 4) is 0 Å².